The van der Waals surface area contributed by atoms with Crippen molar-refractivity contribution in [3.05, 3.63) is 35.5 Å². The molecule has 3 aromatic rings. The monoisotopic (exact) mass is 366 g/mol. The summed E-state index contributed by atoms with van der Waals surface area (Å²) in [5.74, 6) is 0.193. The Labute approximate surface area is 154 Å². The van der Waals surface area contributed by atoms with Crippen LogP contribution in [0.25, 0.3) is 21.5 Å². The lowest BCUT2D eigenvalue weighted by atomic mass is 9.61. The molecule has 7 heteroatoms. The molecule has 0 bridgehead atoms. The number of H-pyrrole nitrogens is 1. The van der Waals surface area contributed by atoms with Crippen molar-refractivity contribution in [1.82, 2.24) is 20.1 Å². The van der Waals surface area contributed by atoms with E-state index in [-0.39, 0.29) is 12.1 Å². The molecule has 0 radical (unpaired) electrons. The number of nitrogens with one attached hydrogen (secondary N) is 1. The molecule has 1 aliphatic carbocycles. The van der Waals surface area contributed by atoms with Crippen LogP contribution in [0.5, 0.6) is 0 Å². The lowest BCUT2D eigenvalue weighted by Gasteiger charge is -2.57. The maximum Gasteiger partial charge on any atom is 0.359 e. The van der Waals surface area contributed by atoms with Crippen LogP contribution in [0.1, 0.15) is 29.8 Å². The molecule has 6 nitrogen and oxygen atoms in total. The van der Waals surface area contributed by atoms with Crippen LogP contribution in [0.3, 0.4) is 0 Å². The Morgan fingerprint density at radius 3 is 3.04 bits per heavy atom. The first-order valence-corrected chi connectivity index (χ1v) is 9.97. The van der Waals surface area contributed by atoms with E-state index in [4.69, 9.17) is 4.74 Å². The van der Waals surface area contributed by atoms with E-state index < -0.39 is 0 Å². The zero-order valence-electron chi connectivity index (χ0n) is 14.1. The van der Waals surface area contributed by atoms with E-state index in [1.165, 1.54) is 19.3 Å². The number of hydrogen-bond donors (Lipinski definition) is 1. The smallest absolute Gasteiger partial charge is 0.359 e. The quantitative estimate of drug-likeness (QED) is 0.722. The molecule has 3 fully saturated rings. The standard InChI is InChI=1S/C19H18N4O2S/c24-18(25-15-10-23-7-5-19(23)4-3-13(15)19)16-12-9-11(17-20-6-8-26-17)1-2-14(12)21-22-16/h1-2,6,8-9,13,15H,3-5,7,10H2,(H,21,22). The number of esters is 1. The number of thiazole rings is 1. The molecule has 6 rings (SSSR count). The van der Waals surface area contributed by atoms with E-state index in [9.17, 15) is 4.79 Å². The van der Waals surface area contributed by atoms with Gasteiger partial charge in [0.2, 0.25) is 0 Å². The third-order valence-electron chi connectivity index (χ3n) is 6.57. The predicted molar refractivity (Wildman–Crippen MR) is 98.1 cm³/mol. The SMILES string of the molecule is O=C(OC1CN2CCC23CCC13)c1n[nH]c2ccc(-c3nccs3)cc12. The number of aromatic amines is 1. The van der Waals surface area contributed by atoms with Crippen LogP contribution in [0.4, 0.5) is 0 Å². The highest BCUT2D eigenvalue weighted by Gasteiger charge is 2.64. The Kier molecular flexibility index (Phi) is 2.94. The van der Waals surface area contributed by atoms with Crippen molar-refractivity contribution in [3.63, 3.8) is 0 Å². The van der Waals surface area contributed by atoms with Crippen LogP contribution in [-0.4, -0.2) is 50.8 Å². The minimum Gasteiger partial charge on any atom is -0.456 e. The summed E-state index contributed by atoms with van der Waals surface area (Å²) < 4.78 is 5.93. The second-order valence-electron chi connectivity index (χ2n) is 7.56. The molecule has 2 aromatic heterocycles. The Bertz CT molecular complexity index is 1010. The topological polar surface area (TPSA) is 71.1 Å². The molecule has 3 atom stereocenters. The average molecular weight is 366 g/mol. The highest BCUT2D eigenvalue weighted by Crippen LogP contribution is 2.58. The number of ether oxygens (including phenoxy) is 1. The van der Waals surface area contributed by atoms with Gasteiger partial charge >= 0.3 is 5.97 Å². The second kappa shape index (κ2) is 5.14. The van der Waals surface area contributed by atoms with Crippen LogP contribution >= 0.6 is 11.3 Å². The number of benzene rings is 1. The molecule has 0 amide bonds. The lowest BCUT2D eigenvalue weighted by molar-refractivity contribution is -0.0772. The summed E-state index contributed by atoms with van der Waals surface area (Å²) >= 11 is 1.58. The molecular weight excluding hydrogens is 348 g/mol. The maximum atomic E-state index is 12.8. The average Bonchev–Trinajstić information content (AvgIpc) is 3.28. The van der Waals surface area contributed by atoms with Gasteiger partial charge in [-0.05, 0) is 37.5 Å². The number of hydrogen-bond acceptors (Lipinski definition) is 6. The van der Waals surface area contributed by atoms with Crippen molar-refractivity contribution >= 4 is 28.2 Å². The molecule has 26 heavy (non-hydrogen) atoms. The first kappa shape index (κ1) is 14.9. The summed E-state index contributed by atoms with van der Waals surface area (Å²) in [6.07, 6.45) is 5.48. The molecule has 1 saturated carbocycles. The first-order valence-electron chi connectivity index (χ1n) is 9.09. The van der Waals surface area contributed by atoms with Crippen molar-refractivity contribution in [2.75, 3.05) is 13.1 Å². The molecule has 132 valence electrons. The zero-order chi connectivity index (χ0) is 17.3. The van der Waals surface area contributed by atoms with Crippen LogP contribution in [0.2, 0.25) is 0 Å². The fourth-order valence-electron chi connectivity index (χ4n) is 5.04. The second-order valence-corrected chi connectivity index (χ2v) is 8.45. The Hall–Kier alpha value is -2.25. The van der Waals surface area contributed by atoms with Crippen LogP contribution in [0.15, 0.2) is 29.8 Å². The van der Waals surface area contributed by atoms with Gasteiger partial charge in [-0.25, -0.2) is 9.78 Å². The lowest BCUT2D eigenvalue weighted by Crippen LogP contribution is -2.63. The Morgan fingerprint density at radius 1 is 1.38 bits per heavy atom. The van der Waals surface area contributed by atoms with Crippen molar-refractivity contribution < 1.29 is 9.53 Å². The summed E-state index contributed by atoms with van der Waals surface area (Å²) in [6, 6.07) is 5.91. The highest BCUT2D eigenvalue weighted by atomic mass is 32.1. The van der Waals surface area contributed by atoms with E-state index in [0.29, 0.717) is 17.2 Å². The summed E-state index contributed by atoms with van der Waals surface area (Å²) in [6.45, 7) is 2.02. The molecule has 1 N–H and O–H groups in total. The van der Waals surface area contributed by atoms with E-state index in [0.717, 1.165) is 34.6 Å². The van der Waals surface area contributed by atoms with Gasteiger partial charge in [0.1, 0.15) is 11.1 Å². The van der Waals surface area contributed by atoms with Gasteiger partial charge < -0.3 is 4.74 Å². The third kappa shape index (κ3) is 1.87. The minimum atomic E-state index is -0.318. The number of fused-ring (bicyclic) bond motifs is 1. The number of carbonyl (C=O) groups excluding carboxylic acids is 1. The highest BCUT2D eigenvalue weighted by molar-refractivity contribution is 7.13. The largest absolute Gasteiger partial charge is 0.456 e. The normalized spacial score (nSPS) is 29.7. The van der Waals surface area contributed by atoms with Gasteiger partial charge in [0.25, 0.3) is 0 Å². The van der Waals surface area contributed by atoms with Gasteiger partial charge in [-0.1, -0.05) is 0 Å². The van der Waals surface area contributed by atoms with Gasteiger partial charge in [0, 0.05) is 47.1 Å². The summed E-state index contributed by atoms with van der Waals surface area (Å²) in [4.78, 5) is 19.7. The van der Waals surface area contributed by atoms with Crippen molar-refractivity contribution in [3.8, 4) is 10.6 Å². The number of carbonyl (C=O) groups is 1. The van der Waals surface area contributed by atoms with Gasteiger partial charge in [0.15, 0.2) is 5.69 Å². The van der Waals surface area contributed by atoms with Crippen molar-refractivity contribution in [2.45, 2.75) is 30.9 Å². The Balaban J connectivity index is 1.30. The fraction of sp³-hybridized carbons (Fsp3) is 0.421. The summed E-state index contributed by atoms with van der Waals surface area (Å²) in [5, 5.41) is 10.9. The Morgan fingerprint density at radius 2 is 2.35 bits per heavy atom. The molecule has 3 unspecified atom stereocenters. The van der Waals surface area contributed by atoms with E-state index in [2.05, 4.69) is 20.1 Å². The van der Waals surface area contributed by atoms with Gasteiger partial charge in [-0.2, -0.15) is 5.10 Å². The van der Waals surface area contributed by atoms with E-state index in [1.807, 2.05) is 23.6 Å². The van der Waals surface area contributed by atoms with Crippen LogP contribution in [-0.2, 0) is 4.74 Å². The summed E-state index contributed by atoms with van der Waals surface area (Å²) in [7, 11) is 0. The molecule has 1 aromatic carbocycles. The number of nitrogens with zero attached hydrogens (tertiary/aromatic N) is 3. The molecule has 1 spiro atoms. The predicted octanol–water partition coefficient (Wildman–Crippen LogP) is 3.08. The summed E-state index contributed by atoms with van der Waals surface area (Å²) in [5.41, 5.74) is 2.57. The maximum absolute atomic E-state index is 12.8. The molecule has 2 saturated heterocycles. The van der Waals surface area contributed by atoms with Crippen molar-refractivity contribution in [2.24, 2.45) is 5.92 Å². The van der Waals surface area contributed by atoms with E-state index in [1.54, 1.807) is 17.5 Å². The van der Waals surface area contributed by atoms with Gasteiger partial charge in [0.05, 0.1) is 5.52 Å². The van der Waals surface area contributed by atoms with Crippen LogP contribution < -0.4 is 0 Å². The zero-order valence-corrected chi connectivity index (χ0v) is 15.0. The molecule has 4 heterocycles. The number of aromatic nitrogens is 3. The molecule has 3 aliphatic rings. The van der Waals surface area contributed by atoms with Gasteiger partial charge in [-0.15, -0.1) is 11.3 Å². The van der Waals surface area contributed by atoms with Crippen molar-refractivity contribution in [1.29, 1.82) is 0 Å². The fourth-order valence-corrected chi connectivity index (χ4v) is 5.67. The van der Waals surface area contributed by atoms with Gasteiger partial charge in [-0.3, -0.25) is 10.00 Å². The third-order valence-corrected chi connectivity index (χ3v) is 7.39. The van der Waals surface area contributed by atoms with Crippen LogP contribution in [0, 0.1) is 5.92 Å². The van der Waals surface area contributed by atoms with E-state index >= 15 is 0 Å². The minimum absolute atomic E-state index is 0.00708. The first-order chi connectivity index (χ1) is 12.7. The molecule has 2 aliphatic heterocycles. The number of rotatable bonds is 3. The molecular formula is C19H18N4O2S.